The van der Waals surface area contributed by atoms with Gasteiger partial charge in [-0.1, -0.05) is 13.0 Å². The Labute approximate surface area is 68.0 Å². The standard InChI is InChI=1S/C10H13O/c1-3-9-7-5-6-8-10(9)11-4-2/h6-8H,3-4H2,1-2H3. The molecule has 0 aromatic heterocycles. The van der Waals surface area contributed by atoms with Crippen LogP contribution in [0.15, 0.2) is 18.2 Å². The van der Waals surface area contributed by atoms with Crippen molar-refractivity contribution >= 4 is 0 Å². The minimum Gasteiger partial charge on any atom is -0.494 e. The van der Waals surface area contributed by atoms with E-state index in [1.54, 1.807) is 0 Å². The highest BCUT2D eigenvalue weighted by Crippen LogP contribution is 2.17. The number of aryl methyl sites for hydroxylation is 1. The van der Waals surface area contributed by atoms with Crippen LogP contribution in [0.2, 0.25) is 0 Å². The number of hydrogen-bond donors (Lipinski definition) is 0. The van der Waals surface area contributed by atoms with Crippen molar-refractivity contribution in [1.29, 1.82) is 0 Å². The van der Waals surface area contributed by atoms with Gasteiger partial charge in [0.2, 0.25) is 0 Å². The first-order valence-corrected chi connectivity index (χ1v) is 4.00. The molecule has 0 aliphatic carbocycles. The van der Waals surface area contributed by atoms with Gasteiger partial charge in [0.15, 0.2) is 0 Å². The summed E-state index contributed by atoms with van der Waals surface area (Å²) in [5.74, 6) is 0.994. The molecular formula is C10H13O. The van der Waals surface area contributed by atoms with Crippen molar-refractivity contribution in [2.24, 2.45) is 0 Å². The monoisotopic (exact) mass is 149 g/mol. The zero-order chi connectivity index (χ0) is 8.10. The molecule has 0 saturated heterocycles. The smallest absolute Gasteiger partial charge is 0.122 e. The molecular weight excluding hydrogens is 136 g/mol. The Morgan fingerprint density at radius 1 is 1.45 bits per heavy atom. The minimum atomic E-state index is 0.733. The first-order valence-electron chi connectivity index (χ1n) is 4.00. The molecule has 59 valence electrons. The molecule has 0 N–H and O–H groups in total. The molecule has 1 aromatic carbocycles. The van der Waals surface area contributed by atoms with E-state index in [9.17, 15) is 0 Å². The van der Waals surface area contributed by atoms with Crippen molar-refractivity contribution in [3.63, 3.8) is 0 Å². The molecule has 1 aromatic rings. The van der Waals surface area contributed by atoms with Crippen molar-refractivity contribution in [2.75, 3.05) is 6.61 Å². The van der Waals surface area contributed by atoms with Gasteiger partial charge in [0.25, 0.3) is 0 Å². The Morgan fingerprint density at radius 2 is 2.27 bits per heavy atom. The van der Waals surface area contributed by atoms with Gasteiger partial charge in [0, 0.05) is 0 Å². The second-order valence-electron chi connectivity index (χ2n) is 2.32. The van der Waals surface area contributed by atoms with Gasteiger partial charge in [-0.05, 0) is 37.1 Å². The van der Waals surface area contributed by atoms with Crippen LogP contribution < -0.4 is 4.74 Å². The molecule has 0 spiro atoms. The van der Waals surface area contributed by atoms with Crippen LogP contribution >= 0.6 is 0 Å². The van der Waals surface area contributed by atoms with Crippen LogP contribution in [0.3, 0.4) is 0 Å². The van der Waals surface area contributed by atoms with E-state index in [-0.39, 0.29) is 0 Å². The fourth-order valence-electron chi connectivity index (χ4n) is 1.02. The van der Waals surface area contributed by atoms with Gasteiger partial charge in [0.05, 0.1) is 6.61 Å². The average Bonchev–Trinajstić information content (AvgIpc) is 2.06. The molecule has 1 rings (SSSR count). The lowest BCUT2D eigenvalue weighted by Gasteiger charge is -2.06. The van der Waals surface area contributed by atoms with Gasteiger partial charge in [-0.2, -0.15) is 0 Å². The van der Waals surface area contributed by atoms with E-state index in [0.29, 0.717) is 0 Å². The molecule has 1 radical (unpaired) electrons. The summed E-state index contributed by atoms with van der Waals surface area (Å²) in [5, 5.41) is 0. The molecule has 11 heavy (non-hydrogen) atoms. The lowest BCUT2D eigenvalue weighted by Crippen LogP contribution is -1.94. The van der Waals surface area contributed by atoms with Crippen LogP contribution in [0.25, 0.3) is 0 Å². The van der Waals surface area contributed by atoms with Crippen LogP contribution in [-0.4, -0.2) is 6.61 Å². The van der Waals surface area contributed by atoms with Crippen molar-refractivity contribution in [3.8, 4) is 5.75 Å². The van der Waals surface area contributed by atoms with Crippen molar-refractivity contribution in [3.05, 3.63) is 29.8 Å². The maximum absolute atomic E-state index is 5.41. The Morgan fingerprint density at radius 3 is 2.91 bits per heavy atom. The highest BCUT2D eigenvalue weighted by Gasteiger charge is 1.97. The second-order valence-corrected chi connectivity index (χ2v) is 2.32. The van der Waals surface area contributed by atoms with Crippen molar-refractivity contribution in [1.82, 2.24) is 0 Å². The van der Waals surface area contributed by atoms with E-state index >= 15 is 0 Å². The van der Waals surface area contributed by atoms with Gasteiger partial charge in [-0.3, -0.25) is 0 Å². The largest absolute Gasteiger partial charge is 0.494 e. The summed E-state index contributed by atoms with van der Waals surface area (Å²) in [4.78, 5) is 0. The molecule has 0 bridgehead atoms. The van der Waals surface area contributed by atoms with E-state index in [2.05, 4.69) is 13.0 Å². The Balaban J connectivity index is 2.83. The van der Waals surface area contributed by atoms with E-state index in [1.807, 2.05) is 25.1 Å². The topological polar surface area (TPSA) is 9.23 Å². The number of rotatable bonds is 3. The zero-order valence-electron chi connectivity index (χ0n) is 7.05. The molecule has 0 atom stereocenters. The highest BCUT2D eigenvalue weighted by atomic mass is 16.5. The SMILES string of the molecule is CCOc1cc[c]cc1CC. The molecule has 0 aliphatic rings. The minimum absolute atomic E-state index is 0.733. The van der Waals surface area contributed by atoms with Gasteiger partial charge >= 0.3 is 0 Å². The van der Waals surface area contributed by atoms with Crippen LogP contribution in [0.1, 0.15) is 19.4 Å². The molecule has 1 nitrogen and oxygen atoms in total. The third-order valence-corrected chi connectivity index (χ3v) is 1.59. The molecule has 0 aliphatic heterocycles. The van der Waals surface area contributed by atoms with Crippen molar-refractivity contribution in [2.45, 2.75) is 20.3 Å². The predicted molar refractivity (Wildman–Crippen MR) is 45.8 cm³/mol. The molecule has 0 heterocycles. The molecule has 0 unspecified atom stereocenters. The lowest BCUT2D eigenvalue weighted by molar-refractivity contribution is 0.337. The van der Waals surface area contributed by atoms with E-state index in [4.69, 9.17) is 4.74 Å². The van der Waals surface area contributed by atoms with Gasteiger partial charge in [-0.25, -0.2) is 0 Å². The molecule has 0 saturated carbocycles. The Hall–Kier alpha value is -0.980. The summed E-state index contributed by atoms with van der Waals surface area (Å²) in [6, 6.07) is 8.85. The van der Waals surface area contributed by atoms with E-state index < -0.39 is 0 Å². The fraction of sp³-hybridized carbons (Fsp3) is 0.400. The molecule has 0 amide bonds. The van der Waals surface area contributed by atoms with Gasteiger partial charge in [0.1, 0.15) is 5.75 Å². The fourth-order valence-corrected chi connectivity index (χ4v) is 1.02. The molecule has 0 fully saturated rings. The Kier molecular flexibility index (Phi) is 2.96. The Bertz CT molecular complexity index is 218. The summed E-state index contributed by atoms with van der Waals surface area (Å²) in [7, 11) is 0. The normalized spacial score (nSPS) is 9.64. The van der Waals surface area contributed by atoms with Gasteiger partial charge < -0.3 is 4.74 Å². The number of benzene rings is 1. The third-order valence-electron chi connectivity index (χ3n) is 1.59. The zero-order valence-corrected chi connectivity index (χ0v) is 7.05. The summed E-state index contributed by atoms with van der Waals surface area (Å²) < 4.78 is 5.41. The summed E-state index contributed by atoms with van der Waals surface area (Å²) >= 11 is 0. The quantitative estimate of drug-likeness (QED) is 0.641. The number of hydrogen-bond acceptors (Lipinski definition) is 1. The van der Waals surface area contributed by atoms with Crippen LogP contribution in [0.4, 0.5) is 0 Å². The maximum atomic E-state index is 5.41. The van der Waals surface area contributed by atoms with Crippen molar-refractivity contribution < 1.29 is 4.74 Å². The highest BCUT2D eigenvalue weighted by molar-refractivity contribution is 5.32. The first kappa shape index (κ1) is 8.12. The average molecular weight is 149 g/mol. The molecule has 1 heteroatoms. The van der Waals surface area contributed by atoms with Crippen LogP contribution in [0.5, 0.6) is 5.75 Å². The van der Waals surface area contributed by atoms with Crippen LogP contribution in [0, 0.1) is 6.07 Å². The van der Waals surface area contributed by atoms with Crippen LogP contribution in [-0.2, 0) is 6.42 Å². The maximum Gasteiger partial charge on any atom is 0.122 e. The summed E-state index contributed by atoms with van der Waals surface area (Å²) in [6.07, 6.45) is 1.01. The predicted octanol–water partition coefficient (Wildman–Crippen LogP) is 2.45. The third kappa shape index (κ3) is 1.97. The first-order chi connectivity index (χ1) is 5.38. The summed E-state index contributed by atoms with van der Waals surface area (Å²) in [5.41, 5.74) is 1.23. The van der Waals surface area contributed by atoms with Gasteiger partial charge in [-0.15, -0.1) is 0 Å². The lowest BCUT2D eigenvalue weighted by atomic mass is 10.1. The number of ether oxygens (including phenoxy) is 1. The second kappa shape index (κ2) is 4.02. The van der Waals surface area contributed by atoms with E-state index in [1.165, 1.54) is 5.56 Å². The van der Waals surface area contributed by atoms with E-state index in [0.717, 1.165) is 18.8 Å². The summed E-state index contributed by atoms with van der Waals surface area (Å²) in [6.45, 7) is 4.85.